The van der Waals surface area contributed by atoms with Crippen molar-refractivity contribution in [2.24, 2.45) is 0 Å². The van der Waals surface area contributed by atoms with Crippen molar-refractivity contribution in [3.8, 4) is 0 Å². The third-order valence-corrected chi connectivity index (χ3v) is 3.69. The van der Waals surface area contributed by atoms with Crippen molar-refractivity contribution in [3.05, 3.63) is 0 Å². The number of likely N-dealkylation sites (tertiary alicyclic amines) is 1. The molecule has 122 valence electrons. The molecule has 0 radical (unpaired) electrons. The molecule has 6 heteroatoms. The van der Waals surface area contributed by atoms with Crippen molar-refractivity contribution in [1.82, 2.24) is 10.2 Å². The van der Waals surface area contributed by atoms with Crippen LogP contribution in [-0.2, 0) is 14.3 Å². The SMILES string of the molecule is CCCCOC(=O)NC(CCN1CCCCC1)C(=O)OC. The number of nitrogens with one attached hydrogen (secondary N) is 1. The minimum absolute atomic E-state index is 0.377. The second-order valence-electron chi connectivity index (χ2n) is 5.40. The first-order chi connectivity index (χ1) is 10.2. The van der Waals surface area contributed by atoms with Crippen molar-refractivity contribution in [3.63, 3.8) is 0 Å². The van der Waals surface area contributed by atoms with Gasteiger partial charge in [0.15, 0.2) is 0 Å². The van der Waals surface area contributed by atoms with E-state index in [2.05, 4.69) is 10.2 Å². The number of carbonyl (C=O) groups is 2. The Morgan fingerprint density at radius 3 is 2.57 bits per heavy atom. The highest BCUT2D eigenvalue weighted by atomic mass is 16.6. The topological polar surface area (TPSA) is 67.9 Å². The van der Waals surface area contributed by atoms with Crippen LogP contribution >= 0.6 is 0 Å². The van der Waals surface area contributed by atoms with E-state index in [9.17, 15) is 9.59 Å². The van der Waals surface area contributed by atoms with Gasteiger partial charge in [-0.05, 0) is 38.8 Å². The summed E-state index contributed by atoms with van der Waals surface area (Å²) in [6.45, 7) is 5.32. The normalized spacial score (nSPS) is 17.0. The van der Waals surface area contributed by atoms with Gasteiger partial charge in [-0.15, -0.1) is 0 Å². The van der Waals surface area contributed by atoms with Gasteiger partial charge in [0, 0.05) is 6.54 Å². The number of esters is 1. The molecular weight excluding hydrogens is 272 g/mol. The lowest BCUT2D eigenvalue weighted by atomic mass is 10.1. The lowest BCUT2D eigenvalue weighted by Gasteiger charge is -2.27. The smallest absolute Gasteiger partial charge is 0.407 e. The third kappa shape index (κ3) is 7.32. The number of carbonyl (C=O) groups excluding carboxylic acids is 2. The van der Waals surface area contributed by atoms with Gasteiger partial charge in [-0.3, -0.25) is 0 Å². The molecule has 6 nitrogen and oxygen atoms in total. The van der Waals surface area contributed by atoms with Crippen molar-refractivity contribution < 1.29 is 19.1 Å². The van der Waals surface area contributed by atoms with Gasteiger partial charge in [0.2, 0.25) is 0 Å². The lowest BCUT2D eigenvalue weighted by molar-refractivity contribution is -0.143. The van der Waals surface area contributed by atoms with E-state index < -0.39 is 18.1 Å². The van der Waals surface area contributed by atoms with Gasteiger partial charge in [-0.2, -0.15) is 0 Å². The summed E-state index contributed by atoms with van der Waals surface area (Å²) in [7, 11) is 1.33. The highest BCUT2D eigenvalue weighted by molar-refractivity contribution is 5.81. The zero-order valence-corrected chi connectivity index (χ0v) is 13.2. The molecule has 1 saturated heterocycles. The van der Waals surface area contributed by atoms with E-state index in [1.165, 1.54) is 26.4 Å². The second kappa shape index (κ2) is 10.4. The van der Waals surface area contributed by atoms with Gasteiger partial charge in [0.25, 0.3) is 0 Å². The Labute approximate surface area is 127 Å². The van der Waals surface area contributed by atoms with E-state index in [1.54, 1.807) is 0 Å². The number of alkyl carbamates (subject to hydrolysis) is 1. The van der Waals surface area contributed by atoms with Crippen LogP contribution in [0.4, 0.5) is 4.79 Å². The number of piperidine rings is 1. The number of rotatable bonds is 8. The second-order valence-corrected chi connectivity index (χ2v) is 5.40. The standard InChI is InChI=1S/C15H28N2O4/c1-3-4-12-21-15(19)16-13(14(18)20-2)8-11-17-9-6-5-7-10-17/h13H,3-12H2,1-2H3,(H,16,19). The fourth-order valence-corrected chi connectivity index (χ4v) is 2.38. The zero-order valence-electron chi connectivity index (χ0n) is 13.2. The summed E-state index contributed by atoms with van der Waals surface area (Å²) in [5.74, 6) is -0.417. The highest BCUT2D eigenvalue weighted by Gasteiger charge is 2.23. The summed E-state index contributed by atoms with van der Waals surface area (Å²) in [6.07, 6.45) is 5.48. The minimum atomic E-state index is -0.633. The number of nitrogens with zero attached hydrogens (tertiary/aromatic N) is 1. The van der Waals surface area contributed by atoms with Crippen molar-refractivity contribution in [1.29, 1.82) is 0 Å². The number of methoxy groups -OCH3 is 1. The Bertz CT molecular complexity index is 317. The quantitative estimate of drug-likeness (QED) is 0.548. The van der Waals surface area contributed by atoms with Crippen LogP contribution in [0.1, 0.15) is 45.4 Å². The van der Waals surface area contributed by atoms with E-state index in [0.29, 0.717) is 13.0 Å². The Hall–Kier alpha value is -1.30. The third-order valence-electron chi connectivity index (χ3n) is 3.69. The highest BCUT2D eigenvalue weighted by Crippen LogP contribution is 2.10. The molecule has 0 aromatic carbocycles. The Morgan fingerprint density at radius 2 is 1.95 bits per heavy atom. The molecule has 1 unspecified atom stereocenters. The van der Waals surface area contributed by atoms with Crippen LogP contribution in [0.2, 0.25) is 0 Å². The Balaban J connectivity index is 2.35. The van der Waals surface area contributed by atoms with Gasteiger partial charge in [-0.25, -0.2) is 9.59 Å². The maximum atomic E-state index is 11.7. The molecule has 1 fully saturated rings. The molecule has 1 aliphatic heterocycles. The average molecular weight is 300 g/mol. The van der Waals surface area contributed by atoms with Crippen LogP contribution in [0, 0.1) is 0 Å². The van der Waals surface area contributed by atoms with Gasteiger partial charge in [0.05, 0.1) is 13.7 Å². The number of hydrogen-bond donors (Lipinski definition) is 1. The molecule has 0 spiro atoms. The number of hydrogen-bond acceptors (Lipinski definition) is 5. The van der Waals surface area contributed by atoms with Crippen molar-refractivity contribution in [2.45, 2.75) is 51.5 Å². The van der Waals surface area contributed by atoms with Crippen LogP contribution in [0.3, 0.4) is 0 Å². The van der Waals surface area contributed by atoms with Gasteiger partial charge < -0.3 is 19.7 Å². The van der Waals surface area contributed by atoms with Gasteiger partial charge >= 0.3 is 12.1 Å². The molecule has 0 bridgehead atoms. The predicted octanol–water partition coefficient (Wildman–Crippen LogP) is 1.93. The van der Waals surface area contributed by atoms with Crippen LogP contribution in [0.15, 0.2) is 0 Å². The average Bonchev–Trinajstić information content (AvgIpc) is 2.52. The van der Waals surface area contributed by atoms with Gasteiger partial charge in [0.1, 0.15) is 6.04 Å². The summed E-state index contributed by atoms with van der Waals surface area (Å²) in [4.78, 5) is 25.7. The van der Waals surface area contributed by atoms with E-state index in [0.717, 1.165) is 32.5 Å². The van der Waals surface area contributed by atoms with E-state index in [1.807, 2.05) is 6.92 Å². The fraction of sp³-hybridized carbons (Fsp3) is 0.867. The summed E-state index contributed by atoms with van der Waals surface area (Å²) in [5, 5.41) is 2.60. The van der Waals surface area contributed by atoms with Gasteiger partial charge in [-0.1, -0.05) is 19.8 Å². The van der Waals surface area contributed by atoms with Crippen molar-refractivity contribution in [2.75, 3.05) is 33.4 Å². The maximum Gasteiger partial charge on any atom is 0.407 e. The monoisotopic (exact) mass is 300 g/mol. The predicted molar refractivity (Wildman–Crippen MR) is 80.1 cm³/mol. The number of unbranched alkanes of at least 4 members (excludes halogenated alkanes) is 1. The molecule has 1 N–H and O–H groups in total. The molecule has 1 atom stereocenters. The lowest BCUT2D eigenvalue weighted by Crippen LogP contribution is -2.44. The largest absolute Gasteiger partial charge is 0.467 e. The Kier molecular flexibility index (Phi) is 8.82. The van der Waals surface area contributed by atoms with Crippen LogP contribution in [0.25, 0.3) is 0 Å². The van der Waals surface area contributed by atoms with E-state index >= 15 is 0 Å². The van der Waals surface area contributed by atoms with Crippen LogP contribution in [-0.4, -0.2) is 56.4 Å². The molecule has 21 heavy (non-hydrogen) atoms. The first-order valence-electron chi connectivity index (χ1n) is 7.90. The summed E-state index contributed by atoms with van der Waals surface area (Å²) in [5.41, 5.74) is 0. The summed E-state index contributed by atoms with van der Waals surface area (Å²) < 4.78 is 9.78. The zero-order chi connectivity index (χ0) is 15.5. The number of ether oxygens (including phenoxy) is 2. The molecule has 0 aromatic rings. The minimum Gasteiger partial charge on any atom is -0.467 e. The van der Waals surface area contributed by atoms with E-state index in [4.69, 9.17) is 9.47 Å². The first kappa shape index (κ1) is 17.8. The molecule has 0 aromatic heterocycles. The summed E-state index contributed by atoms with van der Waals surface area (Å²) in [6, 6.07) is -0.633. The fourth-order valence-electron chi connectivity index (χ4n) is 2.38. The number of amides is 1. The van der Waals surface area contributed by atoms with Crippen molar-refractivity contribution >= 4 is 12.1 Å². The molecule has 1 aliphatic rings. The molecule has 1 rings (SSSR count). The summed E-state index contributed by atoms with van der Waals surface area (Å²) >= 11 is 0. The molecule has 0 saturated carbocycles. The molecule has 1 heterocycles. The Morgan fingerprint density at radius 1 is 1.24 bits per heavy atom. The molecular formula is C15H28N2O4. The van der Waals surface area contributed by atoms with E-state index in [-0.39, 0.29) is 0 Å². The maximum absolute atomic E-state index is 11.7. The van der Waals surface area contributed by atoms with Crippen LogP contribution < -0.4 is 5.32 Å². The molecule has 0 aliphatic carbocycles. The molecule has 1 amide bonds. The first-order valence-corrected chi connectivity index (χ1v) is 7.90. The van der Waals surface area contributed by atoms with Crippen LogP contribution in [0.5, 0.6) is 0 Å².